The number of alkyl halides is 3. The zero-order valence-electron chi connectivity index (χ0n) is 22.4. The summed E-state index contributed by atoms with van der Waals surface area (Å²) in [6.07, 6.45) is -0.795. The van der Waals surface area contributed by atoms with Gasteiger partial charge in [-0.25, -0.2) is 9.78 Å². The fraction of sp³-hybridized carbons (Fsp3) is 0.387. The minimum atomic E-state index is -4.46. The Morgan fingerprint density at radius 2 is 1.73 bits per heavy atom. The third-order valence-corrected chi connectivity index (χ3v) is 8.69. The van der Waals surface area contributed by atoms with Crippen molar-refractivity contribution in [3.8, 4) is 11.3 Å². The van der Waals surface area contributed by atoms with Gasteiger partial charge in [0.15, 0.2) is 5.82 Å². The number of anilines is 3. The largest absolute Gasteiger partial charge is 0.416 e. The number of carbonyl (C=O) groups excluding carboxylic acids is 2. The van der Waals surface area contributed by atoms with Gasteiger partial charge in [-0.3, -0.25) is 9.69 Å². The monoisotopic (exact) mass is 561 g/mol. The van der Waals surface area contributed by atoms with Crippen molar-refractivity contribution >= 4 is 29.1 Å². The van der Waals surface area contributed by atoms with Crippen LogP contribution in [0.5, 0.6) is 0 Å². The van der Waals surface area contributed by atoms with Crippen LogP contribution in [0.25, 0.3) is 11.3 Å². The third kappa shape index (κ3) is 4.89. The molecule has 2 atom stereocenters. The summed E-state index contributed by atoms with van der Waals surface area (Å²) in [6.45, 7) is 2.92. The van der Waals surface area contributed by atoms with Gasteiger partial charge in [0, 0.05) is 49.3 Å². The summed E-state index contributed by atoms with van der Waals surface area (Å²) in [5.41, 5.74) is 2.53. The molecule has 1 aromatic heterocycles. The Labute approximate surface area is 236 Å². The standard InChI is InChI=1S/C31H30F3N5O2/c32-31(33,34)23-5-1-4-21(15-23)26-9-10-27-28(36-26)39(25-12-14-37(27)18-25)30(41)35-24-6-2-3-20(16-24)22-11-13-38(17-22)29(40)19-7-8-19/h1-6,9-10,15-16,19,22,25H,7-8,11-14,17-18H2,(H,35,41)/t22?,25-/m0/s1. The molecule has 1 N–H and O–H groups in total. The van der Waals surface area contributed by atoms with Crippen molar-refractivity contribution in [2.75, 3.05) is 41.3 Å². The first-order valence-corrected chi connectivity index (χ1v) is 14.2. The van der Waals surface area contributed by atoms with Crippen molar-refractivity contribution in [2.45, 2.75) is 43.8 Å². The van der Waals surface area contributed by atoms with Gasteiger partial charge < -0.3 is 15.1 Å². The van der Waals surface area contributed by atoms with Crippen molar-refractivity contribution in [1.82, 2.24) is 9.88 Å². The molecule has 7 nitrogen and oxygen atoms in total. The minimum Gasteiger partial charge on any atom is -0.366 e. The lowest BCUT2D eigenvalue weighted by atomic mass is 9.98. The van der Waals surface area contributed by atoms with Crippen molar-refractivity contribution in [2.24, 2.45) is 5.92 Å². The Balaban J connectivity index is 1.13. The second kappa shape index (κ2) is 9.78. The van der Waals surface area contributed by atoms with Gasteiger partial charge in [-0.1, -0.05) is 24.3 Å². The molecule has 1 saturated carbocycles. The summed E-state index contributed by atoms with van der Waals surface area (Å²) < 4.78 is 40.1. The maximum Gasteiger partial charge on any atom is 0.416 e. The first-order chi connectivity index (χ1) is 19.7. The van der Waals surface area contributed by atoms with Gasteiger partial charge in [0.2, 0.25) is 5.91 Å². The molecule has 7 rings (SSSR count). The molecule has 2 bridgehead atoms. The summed E-state index contributed by atoms with van der Waals surface area (Å²) in [5.74, 6) is 1.15. The van der Waals surface area contributed by atoms with Gasteiger partial charge in [-0.15, -0.1) is 0 Å². The number of benzene rings is 2. The first-order valence-electron chi connectivity index (χ1n) is 14.2. The highest BCUT2D eigenvalue weighted by Crippen LogP contribution is 2.41. The van der Waals surface area contributed by atoms with E-state index >= 15 is 0 Å². The van der Waals surface area contributed by atoms with E-state index in [4.69, 9.17) is 4.98 Å². The summed E-state index contributed by atoms with van der Waals surface area (Å²) in [4.78, 5) is 36.8. The van der Waals surface area contributed by atoms with E-state index in [0.29, 0.717) is 35.9 Å². The number of nitrogens with one attached hydrogen (secondary N) is 1. The molecule has 1 unspecified atom stereocenters. The topological polar surface area (TPSA) is 68.8 Å². The molecule has 2 saturated heterocycles. The average molecular weight is 562 g/mol. The molecule has 10 heteroatoms. The number of rotatable bonds is 4. The molecule has 3 aromatic rings. The normalized spacial score (nSPS) is 21.7. The minimum absolute atomic E-state index is 0.0910. The van der Waals surface area contributed by atoms with Crippen LogP contribution >= 0.6 is 0 Å². The van der Waals surface area contributed by atoms with E-state index < -0.39 is 11.7 Å². The molecule has 0 spiro atoms. The van der Waals surface area contributed by atoms with Crippen LogP contribution in [-0.2, 0) is 11.0 Å². The summed E-state index contributed by atoms with van der Waals surface area (Å²) >= 11 is 0. The van der Waals surface area contributed by atoms with Crippen molar-refractivity contribution in [3.05, 3.63) is 71.8 Å². The van der Waals surface area contributed by atoms with E-state index in [1.54, 1.807) is 17.0 Å². The number of fused-ring (bicyclic) bond motifs is 4. The Kier molecular flexibility index (Phi) is 6.17. The van der Waals surface area contributed by atoms with Crippen LogP contribution in [0.2, 0.25) is 0 Å². The molecule has 212 valence electrons. The number of carbonyl (C=O) groups is 2. The van der Waals surface area contributed by atoms with Gasteiger partial charge >= 0.3 is 12.2 Å². The average Bonchev–Trinajstić information content (AvgIpc) is 3.55. The molecule has 4 heterocycles. The second-order valence-corrected chi connectivity index (χ2v) is 11.5. The molecular formula is C31H30F3N5O2. The highest BCUT2D eigenvalue weighted by molar-refractivity contribution is 6.04. The van der Waals surface area contributed by atoms with Crippen LogP contribution in [-0.4, -0.2) is 54.0 Å². The molecule has 3 fully saturated rings. The summed E-state index contributed by atoms with van der Waals surface area (Å²) in [6, 6.07) is 16.0. The SMILES string of the molecule is O=C(C1CC1)N1CCC(c2cccc(NC(=O)N3c4nc(-c5cccc(C(F)(F)F)c5)ccc4N4CC[C@H]3C4)c2)C1. The van der Waals surface area contributed by atoms with Gasteiger partial charge in [-0.2, -0.15) is 13.2 Å². The van der Waals surface area contributed by atoms with Gasteiger partial charge in [0.05, 0.1) is 23.0 Å². The number of halogens is 3. The highest BCUT2D eigenvalue weighted by Gasteiger charge is 2.41. The number of hydrogen-bond acceptors (Lipinski definition) is 4. The molecule has 1 aliphatic carbocycles. The lowest BCUT2D eigenvalue weighted by Crippen LogP contribution is -2.48. The molecule has 41 heavy (non-hydrogen) atoms. The van der Waals surface area contributed by atoms with Crippen molar-refractivity contribution in [3.63, 3.8) is 0 Å². The first kappa shape index (κ1) is 25.9. The van der Waals surface area contributed by atoms with Crippen LogP contribution in [0, 0.1) is 5.92 Å². The number of hydrogen-bond donors (Lipinski definition) is 1. The van der Waals surface area contributed by atoms with Gasteiger partial charge in [0.25, 0.3) is 0 Å². The van der Waals surface area contributed by atoms with E-state index in [9.17, 15) is 22.8 Å². The van der Waals surface area contributed by atoms with E-state index in [2.05, 4.69) is 10.2 Å². The van der Waals surface area contributed by atoms with E-state index in [1.807, 2.05) is 35.2 Å². The number of pyridine rings is 1. The fourth-order valence-electron chi connectivity index (χ4n) is 6.36. The molecule has 4 aliphatic rings. The Hall–Kier alpha value is -4.08. The molecule has 3 aliphatic heterocycles. The molecule has 0 radical (unpaired) electrons. The Morgan fingerprint density at radius 1 is 0.902 bits per heavy atom. The predicted octanol–water partition coefficient (Wildman–Crippen LogP) is 6.12. The zero-order valence-corrected chi connectivity index (χ0v) is 22.4. The van der Waals surface area contributed by atoms with E-state index in [0.717, 1.165) is 62.2 Å². The number of urea groups is 1. The number of likely N-dealkylation sites (tertiary alicyclic amines) is 1. The third-order valence-electron chi connectivity index (χ3n) is 8.69. The molecular weight excluding hydrogens is 531 g/mol. The van der Waals surface area contributed by atoms with Crippen LogP contribution < -0.4 is 15.1 Å². The van der Waals surface area contributed by atoms with Crippen LogP contribution in [0.4, 0.5) is 35.2 Å². The molecule has 3 amide bonds. The number of nitrogens with zero attached hydrogens (tertiary/aromatic N) is 4. The second-order valence-electron chi connectivity index (χ2n) is 11.5. The number of amides is 3. The van der Waals surface area contributed by atoms with Gasteiger partial charge in [-0.05, 0) is 67.6 Å². The van der Waals surface area contributed by atoms with Crippen LogP contribution in [0.1, 0.15) is 42.7 Å². The van der Waals surface area contributed by atoms with Crippen LogP contribution in [0.15, 0.2) is 60.7 Å². The fourth-order valence-corrected chi connectivity index (χ4v) is 6.36. The Bertz CT molecular complexity index is 1520. The predicted molar refractivity (Wildman–Crippen MR) is 150 cm³/mol. The van der Waals surface area contributed by atoms with E-state index in [-0.39, 0.29) is 29.8 Å². The highest BCUT2D eigenvalue weighted by atomic mass is 19.4. The maximum atomic E-state index is 13.8. The molecule has 2 aromatic carbocycles. The zero-order chi connectivity index (χ0) is 28.3. The van der Waals surface area contributed by atoms with Crippen molar-refractivity contribution in [1.29, 1.82) is 0 Å². The smallest absolute Gasteiger partial charge is 0.366 e. The lowest BCUT2D eigenvalue weighted by molar-refractivity contribution is -0.137. The summed E-state index contributed by atoms with van der Waals surface area (Å²) in [7, 11) is 0. The van der Waals surface area contributed by atoms with Crippen LogP contribution in [0.3, 0.4) is 0 Å². The van der Waals surface area contributed by atoms with Gasteiger partial charge in [0.1, 0.15) is 0 Å². The maximum absolute atomic E-state index is 13.8. The van der Waals surface area contributed by atoms with Crippen molar-refractivity contribution < 1.29 is 22.8 Å². The summed E-state index contributed by atoms with van der Waals surface area (Å²) in [5, 5.41) is 3.05. The van der Waals surface area contributed by atoms with E-state index in [1.165, 1.54) is 6.07 Å². The lowest BCUT2D eigenvalue weighted by Gasteiger charge is -2.36. The number of aromatic nitrogens is 1. The Morgan fingerprint density at radius 3 is 2.54 bits per heavy atom. The quantitative estimate of drug-likeness (QED) is 0.417.